The maximum absolute atomic E-state index is 7.00. The molecule has 0 unspecified atom stereocenters. The van der Waals surface area contributed by atoms with Crippen LogP contribution in [0.2, 0.25) is 0 Å². The summed E-state index contributed by atoms with van der Waals surface area (Å²) in [7, 11) is 0.987. The molecule has 0 aliphatic rings. The fourth-order valence-electron chi connectivity index (χ4n) is 1.09. The molecule has 0 radical (unpaired) electrons. The van der Waals surface area contributed by atoms with E-state index in [4.69, 9.17) is 14.2 Å². The van der Waals surface area contributed by atoms with Gasteiger partial charge in [0.05, 0.1) is 0 Å². The average molecular weight is 250 g/mol. The van der Waals surface area contributed by atoms with Crippen molar-refractivity contribution in [2.45, 2.75) is 0 Å². The van der Waals surface area contributed by atoms with Crippen LogP contribution < -0.4 is 9.05 Å². The topological polar surface area (TPSA) is 38.7 Å². The van der Waals surface area contributed by atoms with Crippen LogP contribution in [0.25, 0.3) is 0 Å². The maximum Gasteiger partial charge on any atom is 0.275 e. The van der Waals surface area contributed by atoms with Gasteiger partial charge in [0.1, 0.15) is 11.5 Å². The first-order chi connectivity index (χ1) is 8.45. The van der Waals surface area contributed by atoms with Crippen LogP contribution in [-0.4, -0.2) is 12.2 Å². The Morgan fingerprint density at radius 2 is 1.06 bits per heavy atom. The summed E-state index contributed by atoms with van der Waals surface area (Å²) in [6, 6.07) is 19.3. The summed E-state index contributed by atoms with van der Waals surface area (Å²) in [4.78, 5) is 0. The lowest BCUT2D eigenvalue weighted by atomic mass is 10.3. The van der Waals surface area contributed by atoms with Crippen LogP contribution in [0, 0.1) is 0 Å². The standard InChI is InChI=1S/C12H11O2P.CH4O/c1-3-7-11(8-4-1)13-15-14-12-9-5-2-6-10-12;1-2/h1-10,15H;2H,1H3. The van der Waals surface area contributed by atoms with Gasteiger partial charge in [0, 0.05) is 7.11 Å². The Morgan fingerprint density at radius 1 is 0.706 bits per heavy atom. The second-order valence-corrected chi connectivity index (χ2v) is 3.49. The van der Waals surface area contributed by atoms with Crippen molar-refractivity contribution in [3.05, 3.63) is 60.7 Å². The number of hydrogen-bond donors (Lipinski definition) is 1. The summed E-state index contributed by atoms with van der Waals surface area (Å²) >= 11 is 0. The first-order valence-electron chi connectivity index (χ1n) is 5.09. The second-order valence-electron chi connectivity index (χ2n) is 2.91. The molecule has 0 aliphatic heterocycles. The van der Waals surface area contributed by atoms with Crippen molar-refractivity contribution >= 4 is 9.03 Å². The number of para-hydroxylation sites is 2. The molecule has 1 N–H and O–H groups in total. The minimum Gasteiger partial charge on any atom is -0.441 e. The van der Waals surface area contributed by atoms with Gasteiger partial charge < -0.3 is 14.2 Å². The molecule has 90 valence electrons. The highest BCUT2D eigenvalue weighted by Gasteiger charge is 1.93. The van der Waals surface area contributed by atoms with Crippen LogP contribution in [0.5, 0.6) is 11.5 Å². The van der Waals surface area contributed by atoms with Crippen molar-refractivity contribution in [3.63, 3.8) is 0 Å². The molecule has 0 saturated carbocycles. The molecule has 0 atom stereocenters. The molecule has 0 fully saturated rings. The van der Waals surface area contributed by atoms with Gasteiger partial charge in [-0.3, -0.25) is 0 Å². The van der Waals surface area contributed by atoms with Gasteiger partial charge in [-0.25, -0.2) is 0 Å². The zero-order valence-electron chi connectivity index (χ0n) is 9.54. The lowest BCUT2D eigenvalue weighted by molar-refractivity contribution is 0.399. The molecule has 2 aromatic rings. The lowest BCUT2D eigenvalue weighted by Gasteiger charge is -2.06. The van der Waals surface area contributed by atoms with Crippen molar-refractivity contribution in [2.75, 3.05) is 7.11 Å². The molecule has 0 aliphatic carbocycles. The third-order valence-corrected chi connectivity index (χ3v) is 2.44. The van der Waals surface area contributed by atoms with E-state index >= 15 is 0 Å². The van der Waals surface area contributed by atoms with E-state index in [9.17, 15) is 0 Å². The van der Waals surface area contributed by atoms with Gasteiger partial charge in [-0.1, -0.05) is 36.4 Å². The number of rotatable bonds is 4. The van der Waals surface area contributed by atoms with E-state index in [0.29, 0.717) is 0 Å². The highest BCUT2D eigenvalue weighted by atomic mass is 31.1. The minimum atomic E-state index is -0.0129. The molecule has 0 aromatic heterocycles. The molecular formula is C13H15O3P. The molecule has 2 rings (SSSR count). The summed E-state index contributed by atoms with van der Waals surface area (Å²) in [6.07, 6.45) is 0. The smallest absolute Gasteiger partial charge is 0.275 e. The van der Waals surface area contributed by atoms with Gasteiger partial charge in [-0.15, -0.1) is 0 Å². The summed E-state index contributed by atoms with van der Waals surface area (Å²) in [5, 5.41) is 7.00. The van der Waals surface area contributed by atoms with Crippen LogP contribution in [-0.2, 0) is 0 Å². The fourth-order valence-corrected chi connectivity index (χ4v) is 1.60. The SMILES string of the molecule is CO.c1ccc(OPOc2ccccc2)cc1. The summed E-state index contributed by atoms with van der Waals surface area (Å²) in [5.41, 5.74) is 0. The summed E-state index contributed by atoms with van der Waals surface area (Å²) < 4.78 is 10.8. The minimum absolute atomic E-state index is 0.0129. The Balaban J connectivity index is 0.000000686. The van der Waals surface area contributed by atoms with Gasteiger partial charge >= 0.3 is 0 Å². The monoisotopic (exact) mass is 250 g/mol. The van der Waals surface area contributed by atoms with Crippen molar-refractivity contribution < 1.29 is 14.2 Å². The molecule has 3 nitrogen and oxygen atoms in total. The van der Waals surface area contributed by atoms with Crippen molar-refractivity contribution in [3.8, 4) is 11.5 Å². The molecule has 0 spiro atoms. The Hall–Kier alpha value is -1.57. The molecule has 17 heavy (non-hydrogen) atoms. The van der Waals surface area contributed by atoms with E-state index < -0.39 is 0 Å². The third kappa shape index (κ3) is 5.34. The second kappa shape index (κ2) is 8.57. The van der Waals surface area contributed by atoms with Crippen molar-refractivity contribution in [2.24, 2.45) is 0 Å². The normalized spacial score (nSPS) is 8.82. The van der Waals surface area contributed by atoms with Gasteiger partial charge in [0.15, 0.2) is 0 Å². The Morgan fingerprint density at radius 3 is 1.41 bits per heavy atom. The Kier molecular flexibility index (Phi) is 6.80. The lowest BCUT2D eigenvalue weighted by Crippen LogP contribution is -1.83. The van der Waals surface area contributed by atoms with Gasteiger partial charge in [-0.2, -0.15) is 0 Å². The van der Waals surface area contributed by atoms with Crippen LogP contribution in [0.1, 0.15) is 0 Å². The molecule has 0 heterocycles. The number of benzene rings is 2. The highest BCUT2D eigenvalue weighted by molar-refractivity contribution is 7.27. The largest absolute Gasteiger partial charge is 0.441 e. The predicted molar refractivity (Wildman–Crippen MR) is 70.6 cm³/mol. The fraction of sp³-hybridized carbons (Fsp3) is 0.0769. The van der Waals surface area contributed by atoms with Gasteiger partial charge in [0.25, 0.3) is 9.03 Å². The molecule has 2 aromatic carbocycles. The first kappa shape index (κ1) is 13.5. The van der Waals surface area contributed by atoms with Crippen molar-refractivity contribution in [1.82, 2.24) is 0 Å². The average Bonchev–Trinajstić information content (AvgIpc) is 2.43. The quantitative estimate of drug-likeness (QED) is 0.846. The number of hydrogen-bond acceptors (Lipinski definition) is 3. The zero-order valence-corrected chi connectivity index (χ0v) is 10.5. The number of aliphatic hydroxyl groups excluding tert-OH is 1. The van der Waals surface area contributed by atoms with E-state index in [1.165, 1.54) is 0 Å². The number of aliphatic hydroxyl groups is 1. The van der Waals surface area contributed by atoms with E-state index in [2.05, 4.69) is 0 Å². The van der Waals surface area contributed by atoms with Gasteiger partial charge in [0.2, 0.25) is 0 Å². The first-order valence-corrected chi connectivity index (χ1v) is 5.90. The van der Waals surface area contributed by atoms with Crippen LogP contribution >= 0.6 is 9.03 Å². The van der Waals surface area contributed by atoms with E-state index in [-0.39, 0.29) is 9.03 Å². The molecule has 4 heteroatoms. The van der Waals surface area contributed by atoms with E-state index in [1.54, 1.807) is 0 Å². The van der Waals surface area contributed by atoms with Crippen LogP contribution in [0.15, 0.2) is 60.7 Å². The molecule has 0 saturated heterocycles. The van der Waals surface area contributed by atoms with Gasteiger partial charge in [-0.05, 0) is 24.3 Å². The predicted octanol–water partition coefficient (Wildman–Crippen LogP) is 3.26. The van der Waals surface area contributed by atoms with E-state index in [1.807, 2.05) is 60.7 Å². The Bertz CT molecular complexity index is 352. The van der Waals surface area contributed by atoms with Crippen molar-refractivity contribution in [1.29, 1.82) is 0 Å². The zero-order chi connectivity index (χ0) is 12.3. The Labute approximate surface area is 103 Å². The van der Waals surface area contributed by atoms with Crippen LogP contribution in [0.3, 0.4) is 0 Å². The molecule has 0 amide bonds. The molecular weight excluding hydrogens is 235 g/mol. The third-order valence-electron chi connectivity index (χ3n) is 1.81. The molecule has 0 bridgehead atoms. The van der Waals surface area contributed by atoms with Crippen LogP contribution in [0.4, 0.5) is 0 Å². The summed E-state index contributed by atoms with van der Waals surface area (Å²) in [5.74, 6) is 1.65. The van der Waals surface area contributed by atoms with E-state index in [0.717, 1.165) is 18.6 Å². The highest BCUT2D eigenvalue weighted by Crippen LogP contribution is 2.23. The maximum atomic E-state index is 7.00. The summed E-state index contributed by atoms with van der Waals surface area (Å²) in [6.45, 7) is 0.